The maximum atomic E-state index is 12.3. The van der Waals surface area contributed by atoms with Gasteiger partial charge >= 0.3 is 19.8 Å². The van der Waals surface area contributed by atoms with Crippen molar-refractivity contribution in [1.82, 2.24) is 0 Å². The van der Waals surface area contributed by atoms with Crippen molar-refractivity contribution in [1.29, 1.82) is 0 Å². The van der Waals surface area contributed by atoms with Crippen LogP contribution in [0.2, 0.25) is 0 Å². The second-order valence-electron chi connectivity index (χ2n) is 10.1. The van der Waals surface area contributed by atoms with Crippen LogP contribution in [0.25, 0.3) is 0 Å². The lowest BCUT2D eigenvalue weighted by Gasteiger charge is -2.24. The first-order valence-electron chi connectivity index (χ1n) is 13.3. The number of quaternary nitrogens is 1. The number of esters is 2. The molecule has 0 amide bonds. The smallest absolute Gasteiger partial charge is 0.462 e. The molecule has 0 aliphatic heterocycles. The summed E-state index contributed by atoms with van der Waals surface area (Å²) in [6.45, 7) is 4.20. The number of hydrogen-bond acceptors (Lipinski definition) is 7. The predicted octanol–water partition coefficient (Wildman–Crippen LogP) is 5.39. The van der Waals surface area contributed by atoms with Crippen molar-refractivity contribution >= 4 is 19.8 Å². The highest BCUT2D eigenvalue weighted by molar-refractivity contribution is 7.47. The Morgan fingerprint density at radius 2 is 1.29 bits per heavy atom. The molecular weight excluding hydrogens is 473 g/mol. The minimum Gasteiger partial charge on any atom is -0.462 e. The molecule has 0 heterocycles. The van der Waals surface area contributed by atoms with E-state index in [1.807, 2.05) is 21.1 Å². The van der Waals surface area contributed by atoms with Crippen molar-refractivity contribution in [3.63, 3.8) is 0 Å². The van der Waals surface area contributed by atoms with Gasteiger partial charge < -0.3 is 18.9 Å². The first-order chi connectivity index (χ1) is 16.5. The van der Waals surface area contributed by atoms with E-state index in [-0.39, 0.29) is 32.0 Å². The molecule has 0 rings (SSSR count). The zero-order chi connectivity index (χ0) is 26.6. The lowest BCUT2D eigenvalue weighted by Crippen LogP contribution is -2.37. The summed E-state index contributed by atoms with van der Waals surface area (Å²) in [4.78, 5) is 34.3. The van der Waals surface area contributed by atoms with E-state index in [4.69, 9.17) is 18.5 Å². The zero-order valence-electron chi connectivity index (χ0n) is 22.8. The molecule has 0 radical (unpaired) electrons. The van der Waals surface area contributed by atoms with Gasteiger partial charge in [0.25, 0.3) is 0 Å². The van der Waals surface area contributed by atoms with Crippen LogP contribution < -0.4 is 0 Å². The fourth-order valence-electron chi connectivity index (χ4n) is 3.19. The van der Waals surface area contributed by atoms with Crippen LogP contribution in [0.1, 0.15) is 97.3 Å². The van der Waals surface area contributed by atoms with Crippen LogP contribution in [0.3, 0.4) is 0 Å². The maximum Gasteiger partial charge on any atom is 0.472 e. The molecule has 1 N–H and O–H groups in total. The van der Waals surface area contributed by atoms with Gasteiger partial charge in [0.1, 0.15) is 19.8 Å². The van der Waals surface area contributed by atoms with Gasteiger partial charge in [-0.05, 0) is 12.8 Å². The van der Waals surface area contributed by atoms with Crippen LogP contribution in [-0.4, -0.2) is 74.9 Å². The summed E-state index contributed by atoms with van der Waals surface area (Å²) >= 11 is 0. The Morgan fingerprint density at radius 1 is 0.771 bits per heavy atom. The van der Waals surface area contributed by atoms with Crippen molar-refractivity contribution < 1.29 is 42.1 Å². The molecule has 0 fully saturated rings. The fraction of sp³-hybridized carbons (Fsp3) is 0.920. The molecule has 0 aliphatic rings. The van der Waals surface area contributed by atoms with Crippen molar-refractivity contribution in [2.75, 3.05) is 47.5 Å². The lowest BCUT2D eigenvalue weighted by atomic mass is 10.1. The van der Waals surface area contributed by atoms with E-state index in [9.17, 15) is 19.0 Å². The average Bonchev–Trinajstić information content (AvgIpc) is 2.76. The molecule has 9 nitrogen and oxygen atoms in total. The Balaban J connectivity index is 4.60. The predicted molar refractivity (Wildman–Crippen MR) is 137 cm³/mol. The number of unbranched alkanes of at least 4 members (excludes halogenated alkanes) is 9. The summed E-state index contributed by atoms with van der Waals surface area (Å²) in [5.41, 5.74) is 0. The molecule has 35 heavy (non-hydrogen) atoms. The number of hydrogen-bond donors (Lipinski definition) is 1. The third-order valence-corrected chi connectivity index (χ3v) is 6.37. The molecule has 208 valence electrons. The van der Waals surface area contributed by atoms with Gasteiger partial charge in [0.2, 0.25) is 0 Å². The van der Waals surface area contributed by atoms with Gasteiger partial charge in [-0.15, -0.1) is 0 Å². The number of nitrogens with zero attached hydrogens (tertiary/aromatic N) is 1. The molecule has 0 aliphatic carbocycles. The van der Waals surface area contributed by atoms with Crippen LogP contribution in [-0.2, 0) is 32.7 Å². The number of ether oxygens (including phenoxy) is 2. The highest BCUT2D eigenvalue weighted by Gasteiger charge is 2.27. The van der Waals surface area contributed by atoms with Crippen LogP contribution in [0.15, 0.2) is 0 Å². The van der Waals surface area contributed by atoms with Gasteiger partial charge in [0.15, 0.2) is 6.10 Å². The number of carbonyl (C=O) groups is 2. The molecule has 10 heteroatoms. The highest BCUT2D eigenvalue weighted by Crippen LogP contribution is 2.43. The Hall–Kier alpha value is -0.990. The average molecular weight is 525 g/mol. The van der Waals surface area contributed by atoms with Crippen LogP contribution in [0, 0.1) is 0 Å². The quantitative estimate of drug-likeness (QED) is 0.0820. The number of likely N-dealkylation sites (N-methyl/N-ethyl adjacent to an activating group) is 1. The fourth-order valence-corrected chi connectivity index (χ4v) is 3.93. The molecule has 2 atom stereocenters. The van der Waals surface area contributed by atoms with Crippen molar-refractivity contribution in [2.24, 2.45) is 0 Å². The van der Waals surface area contributed by atoms with E-state index in [0.29, 0.717) is 17.4 Å². The number of rotatable bonds is 23. The zero-order valence-corrected chi connectivity index (χ0v) is 23.7. The summed E-state index contributed by atoms with van der Waals surface area (Å²) in [5.74, 6) is -0.826. The molecule has 0 saturated carbocycles. The van der Waals surface area contributed by atoms with Gasteiger partial charge in [-0.1, -0.05) is 71.6 Å². The van der Waals surface area contributed by atoms with Crippen LogP contribution >= 0.6 is 7.82 Å². The molecule has 0 saturated heterocycles. The Morgan fingerprint density at radius 3 is 1.83 bits per heavy atom. The largest absolute Gasteiger partial charge is 0.472 e. The van der Waals surface area contributed by atoms with E-state index in [1.54, 1.807) is 0 Å². The second kappa shape index (κ2) is 20.1. The molecule has 0 bridgehead atoms. The lowest BCUT2D eigenvalue weighted by molar-refractivity contribution is -0.870. The minimum atomic E-state index is -4.33. The van der Waals surface area contributed by atoms with Crippen LogP contribution in [0.5, 0.6) is 0 Å². The molecule has 0 aromatic heterocycles. The van der Waals surface area contributed by atoms with E-state index in [0.717, 1.165) is 51.4 Å². The summed E-state index contributed by atoms with van der Waals surface area (Å²) in [6.07, 6.45) is 10.8. The number of carbonyl (C=O) groups excluding carboxylic acids is 2. The standard InChI is InChI=1S/C25H50NO8P/c1-6-8-10-12-14-15-17-24(27)31-21-23(34-25(28)18-16-13-11-9-7-2)22-33-35(29,30)32-20-19-26(3,4)5/h23H,6-22H2,1-5H3/p+1/t23-/m1/s1. The molecule has 0 aromatic carbocycles. The van der Waals surface area contributed by atoms with E-state index < -0.39 is 26.5 Å². The summed E-state index contributed by atoms with van der Waals surface area (Å²) in [5, 5.41) is 0. The number of phosphoric acid groups is 1. The number of phosphoric ester groups is 1. The Bertz CT molecular complexity index is 609. The van der Waals surface area contributed by atoms with E-state index >= 15 is 0 Å². The van der Waals surface area contributed by atoms with Gasteiger partial charge in [0.05, 0.1) is 27.7 Å². The van der Waals surface area contributed by atoms with Crippen LogP contribution in [0.4, 0.5) is 0 Å². The monoisotopic (exact) mass is 524 g/mol. The molecule has 1 unspecified atom stereocenters. The molecule has 0 spiro atoms. The Labute approximate surface area is 213 Å². The second-order valence-corrected chi connectivity index (χ2v) is 11.5. The van der Waals surface area contributed by atoms with Gasteiger partial charge in [0, 0.05) is 12.8 Å². The molecular formula is C25H51NO8P+. The van der Waals surface area contributed by atoms with E-state index in [2.05, 4.69) is 13.8 Å². The maximum absolute atomic E-state index is 12.3. The van der Waals surface area contributed by atoms with Crippen molar-refractivity contribution in [3.8, 4) is 0 Å². The molecule has 0 aromatic rings. The summed E-state index contributed by atoms with van der Waals surface area (Å²) in [7, 11) is 1.47. The van der Waals surface area contributed by atoms with Crippen molar-refractivity contribution in [2.45, 2.75) is 103 Å². The van der Waals surface area contributed by atoms with Gasteiger partial charge in [-0.2, -0.15) is 0 Å². The third kappa shape index (κ3) is 23.2. The topological polar surface area (TPSA) is 108 Å². The first-order valence-corrected chi connectivity index (χ1v) is 14.8. The van der Waals surface area contributed by atoms with Gasteiger partial charge in [-0.25, -0.2) is 4.57 Å². The van der Waals surface area contributed by atoms with Crippen molar-refractivity contribution in [3.05, 3.63) is 0 Å². The first kappa shape index (κ1) is 34.0. The minimum absolute atomic E-state index is 0.0345. The normalized spacial score (nSPS) is 14.3. The highest BCUT2D eigenvalue weighted by atomic mass is 31.2. The third-order valence-electron chi connectivity index (χ3n) is 5.39. The van der Waals surface area contributed by atoms with E-state index in [1.165, 1.54) is 12.8 Å². The summed E-state index contributed by atoms with van der Waals surface area (Å²) < 4.78 is 33.5. The Kier molecular flexibility index (Phi) is 19.5. The van der Waals surface area contributed by atoms with Gasteiger partial charge in [-0.3, -0.25) is 18.6 Å². The SMILES string of the molecule is CCCCCCCCC(=O)OC[C@H](COP(=O)(O)OCC[N+](C)(C)C)OC(=O)CCCCCCC. The summed E-state index contributed by atoms with van der Waals surface area (Å²) in [6, 6.07) is 0.